The molecule has 0 fully saturated rings. The molecule has 1 aromatic heterocycles. The number of aromatic nitrogens is 1. The number of benzene rings is 1. The number of carboxylic acid groups (broad SMARTS) is 1. The molecule has 0 aliphatic rings. The molecule has 0 radical (unpaired) electrons. The highest BCUT2D eigenvalue weighted by atomic mass is 79.9. The van der Waals surface area contributed by atoms with Gasteiger partial charge in [0.1, 0.15) is 0 Å². The predicted molar refractivity (Wildman–Crippen MR) is 84.1 cm³/mol. The highest BCUT2D eigenvalue weighted by Crippen LogP contribution is 2.21. The second-order valence-electron chi connectivity index (χ2n) is 4.77. The van der Waals surface area contributed by atoms with Gasteiger partial charge in [-0.05, 0) is 43.9 Å². The fraction of sp³-hybridized carbons (Fsp3) is 0.333. The maximum absolute atomic E-state index is 11.4. The lowest BCUT2D eigenvalue weighted by Gasteiger charge is -2.12. The molecule has 3 nitrogen and oxygen atoms in total. The lowest BCUT2D eigenvalue weighted by atomic mass is 9.94. The predicted octanol–water partition coefficient (Wildman–Crippen LogP) is 4.09. The summed E-state index contributed by atoms with van der Waals surface area (Å²) in [4.78, 5) is 16.8. The van der Waals surface area contributed by atoms with E-state index in [2.05, 4.69) is 20.9 Å². The minimum Gasteiger partial charge on any atom is -0.481 e. The monoisotopic (exact) mass is 353 g/mol. The third-order valence-electron chi connectivity index (χ3n) is 3.31. The Morgan fingerprint density at radius 3 is 2.65 bits per heavy atom. The normalized spacial score (nSPS) is 12.3. The zero-order valence-electron chi connectivity index (χ0n) is 11.2. The molecule has 1 aromatic carbocycles. The van der Waals surface area contributed by atoms with Crippen molar-refractivity contribution in [1.82, 2.24) is 4.98 Å². The molecule has 0 spiro atoms. The van der Waals surface area contributed by atoms with Gasteiger partial charge in [0.2, 0.25) is 0 Å². The number of thiazole rings is 1. The summed E-state index contributed by atoms with van der Waals surface area (Å²) in [6.07, 6.45) is 2.00. The van der Waals surface area contributed by atoms with Crippen LogP contribution in [0.2, 0.25) is 0 Å². The molecule has 1 atom stereocenters. The molecular weight excluding hydrogens is 338 g/mol. The molecule has 0 saturated heterocycles. The molecule has 0 saturated carbocycles. The maximum atomic E-state index is 11.4. The maximum Gasteiger partial charge on any atom is 0.306 e. The summed E-state index contributed by atoms with van der Waals surface area (Å²) in [5.74, 6) is -1.08. The van der Waals surface area contributed by atoms with Crippen LogP contribution in [0.1, 0.15) is 22.6 Å². The van der Waals surface area contributed by atoms with E-state index in [1.165, 1.54) is 4.88 Å². The summed E-state index contributed by atoms with van der Waals surface area (Å²) in [7, 11) is 0. The number of halogens is 1. The van der Waals surface area contributed by atoms with E-state index in [0.717, 1.165) is 22.2 Å². The number of carbonyl (C=O) groups is 1. The highest BCUT2D eigenvalue weighted by molar-refractivity contribution is 9.10. The average molecular weight is 354 g/mol. The van der Waals surface area contributed by atoms with Crippen molar-refractivity contribution in [3.63, 3.8) is 0 Å². The standard InChI is InChI=1S/C15H16BrNO2S/c1-10-14(20-9-17-10)7-4-12(15(18)19)8-11-2-5-13(16)6-3-11/h2-3,5-6,9,12H,4,7-8H2,1H3,(H,18,19). The fourth-order valence-corrected chi connectivity index (χ4v) is 3.15. The topological polar surface area (TPSA) is 50.2 Å². The number of aryl methyl sites for hydroxylation is 2. The van der Waals surface area contributed by atoms with Gasteiger partial charge in [0.25, 0.3) is 0 Å². The van der Waals surface area contributed by atoms with Crippen molar-refractivity contribution in [2.24, 2.45) is 5.92 Å². The van der Waals surface area contributed by atoms with Gasteiger partial charge < -0.3 is 5.11 Å². The first-order valence-corrected chi connectivity index (χ1v) is 8.09. The second kappa shape index (κ2) is 6.99. The van der Waals surface area contributed by atoms with Gasteiger partial charge in [-0.1, -0.05) is 28.1 Å². The van der Waals surface area contributed by atoms with Crippen molar-refractivity contribution in [1.29, 1.82) is 0 Å². The van der Waals surface area contributed by atoms with E-state index in [-0.39, 0.29) is 5.92 Å². The Morgan fingerprint density at radius 2 is 2.10 bits per heavy atom. The first-order valence-electron chi connectivity index (χ1n) is 6.42. The van der Waals surface area contributed by atoms with Gasteiger partial charge in [-0.15, -0.1) is 11.3 Å². The number of hydrogen-bond donors (Lipinski definition) is 1. The third kappa shape index (κ3) is 4.15. The molecule has 0 aliphatic heterocycles. The summed E-state index contributed by atoms with van der Waals surface area (Å²) >= 11 is 4.98. The van der Waals surface area contributed by atoms with Gasteiger partial charge in [-0.25, -0.2) is 4.98 Å². The molecule has 2 aromatic rings. The Morgan fingerprint density at radius 1 is 1.40 bits per heavy atom. The Balaban J connectivity index is 1.99. The number of aliphatic carboxylic acids is 1. The summed E-state index contributed by atoms with van der Waals surface area (Å²) in [5.41, 5.74) is 3.89. The van der Waals surface area contributed by atoms with E-state index >= 15 is 0 Å². The van der Waals surface area contributed by atoms with Crippen LogP contribution < -0.4 is 0 Å². The van der Waals surface area contributed by atoms with Gasteiger partial charge in [0.15, 0.2) is 0 Å². The summed E-state index contributed by atoms with van der Waals surface area (Å²) in [6, 6.07) is 7.83. The van der Waals surface area contributed by atoms with Crippen LogP contribution in [-0.4, -0.2) is 16.1 Å². The van der Waals surface area contributed by atoms with E-state index < -0.39 is 5.97 Å². The Bertz CT molecular complexity index is 580. The van der Waals surface area contributed by atoms with Crippen molar-refractivity contribution in [3.05, 3.63) is 50.4 Å². The Labute approximate surface area is 130 Å². The molecule has 0 aliphatic carbocycles. The third-order valence-corrected chi connectivity index (χ3v) is 4.83. The van der Waals surface area contributed by atoms with Crippen molar-refractivity contribution < 1.29 is 9.90 Å². The number of rotatable bonds is 6. The van der Waals surface area contributed by atoms with Gasteiger partial charge in [-0.3, -0.25) is 4.79 Å². The van der Waals surface area contributed by atoms with Crippen LogP contribution in [0.4, 0.5) is 0 Å². The molecule has 2 rings (SSSR count). The van der Waals surface area contributed by atoms with Gasteiger partial charge in [0, 0.05) is 9.35 Å². The van der Waals surface area contributed by atoms with Crippen LogP contribution in [-0.2, 0) is 17.6 Å². The average Bonchev–Trinajstić information content (AvgIpc) is 2.82. The Kier molecular flexibility index (Phi) is 5.31. The van der Waals surface area contributed by atoms with E-state index in [1.807, 2.05) is 36.7 Å². The van der Waals surface area contributed by atoms with Gasteiger partial charge >= 0.3 is 5.97 Å². The lowest BCUT2D eigenvalue weighted by molar-refractivity contribution is -0.141. The van der Waals surface area contributed by atoms with Crippen molar-refractivity contribution >= 4 is 33.2 Å². The van der Waals surface area contributed by atoms with E-state index in [0.29, 0.717) is 12.8 Å². The van der Waals surface area contributed by atoms with Gasteiger partial charge in [0.05, 0.1) is 17.1 Å². The quantitative estimate of drug-likeness (QED) is 0.850. The summed E-state index contributed by atoms with van der Waals surface area (Å²) in [6.45, 7) is 1.97. The molecule has 0 amide bonds. The fourth-order valence-electron chi connectivity index (χ4n) is 2.09. The minimum atomic E-state index is -0.727. The SMILES string of the molecule is Cc1ncsc1CCC(Cc1ccc(Br)cc1)C(=O)O. The molecule has 5 heteroatoms. The van der Waals surface area contributed by atoms with E-state index in [1.54, 1.807) is 11.3 Å². The number of carboxylic acids is 1. The number of hydrogen-bond acceptors (Lipinski definition) is 3. The van der Waals surface area contributed by atoms with Crippen LogP contribution in [0, 0.1) is 12.8 Å². The smallest absolute Gasteiger partial charge is 0.306 e. The summed E-state index contributed by atoms with van der Waals surface area (Å²) in [5, 5.41) is 9.37. The Hall–Kier alpha value is -1.20. The van der Waals surface area contributed by atoms with Crippen molar-refractivity contribution in [2.45, 2.75) is 26.2 Å². The second-order valence-corrected chi connectivity index (χ2v) is 6.62. The van der Waals surface area contributed by atoms with E-state index in [9.17, 15) is 9.90 Å². The first-order chi connectivity index (χ1) is 9.56. The molecule has 1 N–H and O–H groups in total. The van der Waals surface area contributed by atoms with E-state index in [4.69, 9.17) is 0 Å². The van der Waals surface area contributed by atoms with Crippen LogP contribution in [0.3, 0.4) is 0 Å². The molecule has 0 bridgehead atoms. The molecule has 1 heterocycles. The molecule has 1 unspecified atom stereocenters. The largest absolute Gasteiger partial charge is 0.481 e. The molecular formula is C15H16BrNO2S. The zero-order valence-corrected chi connectivity index (χ0v) is 13.6. The van der Waals surface area contributed by atoms with Crippen molar-refractivity contribution in [3.8, 4) is 0 Å². The van der Waals surface area contributed by atoms with Crippen molar-refractivity contribution in [2.75, 3.05) is 0 Å². The van der Waals surface area contributed by atoms with Crippen LogP contribution in [0.25, 0.3) is 0 Å². The van der Waals surface area contributed by atoms with Crippen LogP contribution in [0.15, 0.2) is 34.2 Å². The lowest BCUT2D eigenvalue weighted by Crippen LogP contribution is -2.17. The van der Waals surface area contributed by atoms with Crippen LogP contribution in [0.5, 0.6) is 0 Å². The first kappa shape index (κ1) is 15.2. The number of nitrogens with zero attached hydrogens (tertiary/aromatic N) is 1. The van der Waals surface area contributed by atoms with Crippen LogP contribution >= 0.6 is 27.3 Å². The zero-order chi connectivity index (χ0) is 14.5. The van der Waals surface area contributed by atoms with Gasteiger partial charge in [-0.2, -0.15) is 0 Å². The minimum absolute atomic E-state index is 0.349. The molecule has 20 heavy (non-hydrogen) atoms. The highest BCUT2D eigenvalue weighted by Gasteiger charge is 2.18. The summed E-state index contributed by atoms with van der Waals surface area (Å²) < 4.78 is 1.01. The molecule has 106 valence electrons.